The molecule has 22 heavy (non-hydrogen) atoms. The molecule has 0 aromatic heterocycles. The minimum absolute atomic E-state index is 0.264. The maximum absolute atomic E-state index is 11.3. The Balaban J connectivity index is 1.66. The van der Waals surface area contributed by atoms with Crippen molar-refractivity contribution in [1.29, 1.82) is 0 Å². The third kappa shape index (κ3) is 3.55. The highest BCUT2D eigenvalue weighted by Crippen LogP contribution is 2.25. The summed E-state index contributed by atoms with van der Waals surface area (Å²) in [7, 11) is 0. The van der Waals surface area contributed by atoms with E-state index in [-0.39, 0.29) is 6.04 Å². The van der Waals surface area contributed by atoms with Crippen molar-refractivity contribution >= 4 is 35.1 Å². The van der Waals surface area contributed by atoms with Gasteiger partial charge in [-0.3, -0.25) is 9.52 Å². The fraction of sp³-hybridized carbons (Fsp3) is 0.188. The Bertz CT molecular complexity index is 708. The Morgan fingerprint density at radius 3 is 2.95 bits per heavy atom. The molecule has 2 aromatic rings. The molecule has 4 nitrogen and oxygen atoms in total. The maximum Gasteiger partial charge on any atom is 0.248 e. The predicted molar refractivity (Wildman–Crippen MR) is 91.4 cm³/mol. The molecule has 1 atom stereocenters. The maximum atomic E-state index is 11.3. The molecule has 0 bridgehead atoms. The number of carbonyl (C=O) groups excluding carboxylic acids is 1. The van der Waals surface area contributed by atoms with Crippen LogP contribution in [0.2, 0.25) is 5.02 Å². The van der Waals surface area contributed by atoms with E-state index in [0.717, 1.165) is 34.1 Å². The average molecular weight is 334 g/mol. The van der Waals surface area contributed by atoms with Crippen molar-refractivity contribution in [1.82, 2.24) is 4.72 Å². The number of hydrogen-bond acceptors (Lipinski definition) is 4. The van der Waals surface area contributed by atoms with Crippen LogP contribution in [0, 0.1) is 0 Å². The summed E-state index contributed by atoms with van der Waals surface area (Å²) < 4.78 is 3.43. The molecule has 0 spiro atoms. The fourth-order valence-corrected chi connectivity index (χ4v) is 3.48. The van der Waals surface area contributed by atoms with Gasteiger partial charge in [-0.2, -0.15) is 0 Å². The lowest BCUT2D eigenvalue weighted by atomic mass is 9.98. The third-order valence-corrected chi connectivity index (χ3v) is 4.71. The highest BCUT2D eigenvalue weighted by Gasteiger charge is 2.19. The molecule has 0 saturated carbocycles. The Kier molecular flexibility index (Phi) is 4.57. The van der Waals surface area contributed by atoms with E-state index in [1.54, 1.807) is 18.0 Å². The van der Waals surface area contributed by atoms with Crippen LogP contribution in [-0.4, -0.2) is 18.5 Å². The van der Waals surface area contributed by atoms with Crippen molar-refractivity contribution in [2.75, 3.05) is 11.9 Å². The van der Waals surface area contributed by atoms with Crippen molar-refractivity contribution in [2.45, 2.75) is 17.4 Å². The number of fused-ring (bicyclic) bond motifs is 1. The quantitative estimate of drug-likeness (QED) is 0.752. The summed E-state index contributed by atoms with van der Waals surface area (Å²) >= 11 is 7.54. The molecule has 0 saturated heterocycles. The van der Waals surface area contributed by atoms with Crippen molar-refractivity contribution in [2.24, 2.45) is 5.73 Å². The van der Waals surface area contributed by atoms with Crippen LogP contribution >= 0.6 is 23.5 Å². The number of amides is 1. The molecule has 114 valence electrons. The van der Waals surface area contributed by atoms with Gasteiger partial charge in [0.2, 0.25) is 5.91 Å². The number of benzene rings is 2. The molecular weight excluding hydrogens is 318 g/mol. The Morgan fingerprint density at radius 1 is 1.32 bits per heavy atom. The van der Waals surface area contributed by atoms with Crippen molar-refractivity contribution in [3.05, 3.63) is 58.6 Å². The molecule has 0 aliphatic carbocycles. The Hall–Kier alpha value is -1.69. The van der Waals surface area contributed by atoms with Gasteiger partial charge in [0.05, 0.1) is 0 Å². The summed E-state index contributed by atoms with van der Waals surface area (Å²) in [6.45, 7) is 0.830. The van der Waals surface area contributed by atoms with Crippen LogP contribution in [0.25, 0.3) is 0 Å². The highest BCUT2D eigenvalue weighted by molar-refractivity contribution is 7.97. The zero-order chi connectivity index (χ0) is 15.5. The smallest absolute Gasteiger partial charge is 0.248 e. The molecule has 1 aliphatic heterocycles. The number of anilines is 1. The molecule has 1 amide bonds. The second-order valence-electron chi connectivity index (χ2n) is 5.20. The number of primary amides is 1. The SMILES string of the molecule is NC(=O)c1ccc2c(c1)CC(NSc1cccc(Cl)c1)CN2. The number of hydrogen-bond donors (Lipinski definition) is 3. The summed E-state index contributed by atoms with van der Waals surface area (Å²) in [5.74, 6) is -0.397. The van der Waals surface area contributed by atoms with Crippen molar-refractivity contribution in [3.63, 3.8) is 0 Å². The lowest BCUT2D eigenvalue weighted by Crippen LogP contribution is -2.37. The van der Waals surface area contributed by atoms with Crippen molar-refractivity contribution < 1.29 is 4.79 Å². The van der Waals surface area contributed by atoms with Gasteiger partial charge in [-0.15, -0.1) is 0 Å². The van der Waals surface area contributed by atoms with Crippen molar-refractivity contribution in [3.8, 4) is 0 Å². The second-order valence-corrected chi connectivity index (χ2v) is 6.54. The van der Waals surface area contributed by atoms with E-state index in [4.69, 9.17) is 17.3 Å². The Morgan fingerprint density at radius 2 is 2.18 bits per heavy atom. The van der Waals surface area contributed by atoms with Crippen LogP contribution in [0.3, 0.4) is 0 Å². The van der Waals surface area contributed by atoms with E-state index in [2.05, 4.69) is 10.0 Å². The minimum Gasteiger partial charge on any atom is -0.383 e. The first-order valence-electron chi connectivity index (χ1n) is 6.96. The molecule has 1 heterocycles. The van der Waals surface area contributed by atoms with Gasteiger partial charge in [-0.1, -0.05) is 17.7 Å². The summed E-state index contributed by atoms with van der Waals surface area (Å²) in [4.78, 5) is 12.4. The second kappa shape index (κ2) is 6.60. The normalized spacial score (nSPS) is 16.7. The lowest BCUT2D eigenvalue weighted by Gasteiger charge is -2.27. The zero-order valence-electron chi connectivity index (χ0n) is 11.8. The first kappa shape index (κ1) is 15.2. The fourth-order valence-electron chi connectivity index (χ4n) is 2.42. The summed E-state index contributed by atoms with van der Waals surface area (Å²) in [5.41, 5.74) is 8.05. The number of rotatable bonds is 4. The molecule has 0 radical (unpaired) electrons. The topological polar surface area (TPSA) is 67.2 Å². The molecule has 4 N–H and O–H groups in total. The van der Waals surface area contributed by atoms with Gasteiger partial charge in [0.25, 0.3) is 0 Å². The third-order valence-electron chi connectivity index (χ3n) is 3.53. The summed E-state index contributed by atoms with van der Waals surface area (Å²) in [6, 6.07) is 13.5. The first-order valence-corrected chi connectivity index (χ1v) is 8.16. The van der Waals surface area contributed by atoms with Gasteiger partial charge in [0, 0.05) is 33.8 Å². The van der Waals surface area contributed by atoms with Crippen LogP contribution in [0.1, 0.15) is 15.9 Å². The van der Waals surface area contributed by atoms with Gasteiger partial charge < -0.3 is 11.1 Å². The minimum atomic E-state index is -0.397. The van der Waals surface area contributed by atoms with E-state index >= 15 is 0 Å². The number of halogens is 1. The molecule has 1 unspecified atom stereocenters. The van der Waals surface area contributed by atoms with Gasteiger partial charge in [-0.05, 0) is 60.3 Å². The van der Waals surface area contributed by atoms with E-state index in [9.17, 15) is 4.79 Å². The zero-order valence-corrected chi connectivity index (χ0v) is 13.4. The number of nitrogens with one attached hydrogen (secondary N) is 2. The first-order chi connectivity index (χ1) is 10.6. The van der Waals surface area contributed by atoms with Gasteiger partial charge in [0.1, 0.15) is 0 Å². The van der Waals surface area contributed by atoms with Crippen LogP contribution in [-0.2, 0) is 6.42 Å². The molecular formula is C16H16ClN3OS. The number of carbonyl (C=O) groups is 1. The summed E-state index contributed by atoms with van der Waals surface area (Å²) in [5, 5.41) is 4.10. The van der Waals surface area contributed by atoms with E-state index in [1.165, 1.54) is 0 Å². The van der Waals surface area contributed by atoms with Crippen LogP contribution in [0.4, 0.5) is 5.69 Å². The van der Waals surface area contributed by atoms with E-state index in [0.29, 0.717) is 5.56 Å². The number of nitrogens with two attached hydrogens (primary N) is 1. The lowest BCUT2D eigenvalue weighted by molar-refractivity contribution is 0.1000. The predicted octanol–water partition coefficient (Wildman–Crippen LogP) is 3.07. The highest BCUT2D eigenvalue weighted by atomic mass is 35.5. The van der Waals surface area contributed by atoms with Crippen LogP contribution < -0.4 is 15.8 Å². The Labute approximate surface area is 138 Å². The molecule has 0 fully saturated rings. The van der Waals surface area contributed by atoms with Gasteiger partial charge in [-0.25, -0.2) is 0 Å². The molecule has 6 heteroatoms. The summed E-state index contributed by atoms with van der Waals surface area (Å²) in [6.07, 6.45) is 0.844. The molecule has 1 aliphatic rings. The molecule has 3 rings (SSSR count). The van der Waals surface area contributed by atoms with E-state index in [1.807, 2.05) is 36.4 Å². The van der Waals surface area contributed by atoms with E-state index < -0.39 is 5.91 Å². The standard InChI is InChI=1S/C16H16ClN3OS/c17-12-2-1-3-14(8-12)22-20-13-7-11-6-10(16(18)21)4-5-15(11)19-9-13/h1-6,8,13,19-20H,7,9H2,(H2,18,21). The molecule has 2 aromatic carbocycles. The largest absolute Gasteiger partial charge is 0.383 e. The monoisotopic (exact) mass is 333 g/mol. The van der Waals surface area contributed by atoms with Crippen LogP contribution in [0.15, 0.2) is 47.4 Å². The average Bonchev–Trinajstić information content (AvgIpc) is 2.52. The van der Waals surface area contributed by atoms with Crippen LogP contribution in [0.5, 0.6) is 0 Å². The van der Waals surface area contributed by atoms with Gasteiger partial charge in [0.15, 0.2) is 0 Å². The van der Waals surface area contributed by atoms with Gasteiger partial charge >= 0.3 is 0 Å².